The zero-order valence-electron chi connectivity index (χ0n) is 8.51. The van der Waals surface area contributed by atoms with Crippen LogP contribution in [0.2, 0.25) is 0 Å². The molecule has 0 atom stereocenters. The molecule has 0 amide bonds. The van der Waals surface area contributed by atoms with E-state index in [2.05, 4.69) is 20.8 Å². The summed E-state index contributed by atoms with van der Waals surface area (Å²) in [7, 11) is 0. The first-order valence-electron chi connectivity index (χ1n) is 3.88. The van der Waals surface area contributed by atoms with Crippen molar-refractivity contribution in [1.82, 2.24) is 0 Å². The van der Waals surface area contributed by atoms with Gasteiger partial charge in [0.2, 0.25) is 0 Å². The average molecular weight is 225 g/mol. The van der Waals surface area contributed by atoms with Crippen molar-refractivity contribution in [3.63, 3.8) is 0 Å². The van der Waals surface area contributed by atoms with Crippen LogP contribution in [0.1, 0.15) is 48.5 Å². The van der Waals surface area contributed by atoms with Crippen molar-refractivity contribution < 1.29 is 28.5 Å². The van der Waals surface area contributed by atoms with Crippen molar-refractivity contribution in [1.29, 1.82) is 0 Å². The van der Waals surface area contributed by atoms with Crippen LogP contribution in [0.5, 0.6) is 0 Å². The van der Waals surface area contributed by atoms with Gasteiger partial charge in [-0.15, -0.1) is 0 Å². The van der Waals surface area contributed by atoms with Crippen LogP contribution in [0.25, 0.3) is 0 Å². The molecule has 79 valence electrons. The van der Waals surface area contributed by atoms with E-state index in [1.165, 1.54) is 0 Å². The molecule has 0 fully saturated rings. The van der Waals surface area contributed by atoms with Crippen LogP contribution >= 0.6 is 0 Å². The molecule has 0 aromatic heterocycles. The summed E-state index contributed by atoms with van der Waals surface area (Å²) in [5.74, 6) is -0.718. The summed E-state index contributed by atoms with van der Waals surface area (Å²) < 4.78 is 0. The molecule has 0 aromatic carbocycles. The molecular formula is C10H22O2V. The molecule has 0 heterocycles. The number of aliphatic carboxylic acids is 1. The van der Waals surface area contributed by atoms with Gasteiger partial charge in [0.15, 0.2) is 0 Å². The first kappa shape index (κ1) is 18.8. The van der Waals surface area contributed by atoms with E-state index < -0.39 is 5.97 Å². The minimum atomic E-state index is -0.718. The second kappa shape index (κ2) is 5.72. The van der Waals surface area contributed by atoms with Gasteiger partial charge in [0.25, 0.3) is 0 Å². The van der Waals surface area contributed by atoms with Gasteiger partial charge in [-0.3, -0.25) is 4.79 Å². The summed E-state index contributed by atoms with van der Waals surface area (Å²) in [6.45, 7) is 10.2. The van der Waals surface area contributed by atoms with Crippen LogP contribution in [-0.4, -0.2) is 11.1 Å². The Bertz CT molecular complexity index is 157. The molecule has 3 heteroatoms. The molecule has 0 saturated carbocycles. The number of carboxylic acid groups (broad SMARTS) is 1. The van der Waals surface area contributed by atoms with Gasteiger partial charge in [-0.1, -0.05) is 42.0 Å². The topological polar surface area (TPSA) is 37.3 Å². The van der Waals surface area contributed by atoms with Crippen molar-refractivity contribution in [2.24, 2.45) is 10.8 Å². The third-order valence-corrected chi connectivity index (χ3v) is 2.62. The molecule has 1 radical (unpaired) electrons. The van der Waals surface area contributed by atoms with Crippen LogP contribution in [0.4, 0.5) is 0 Å². The summed E-state index contributed by atoms with van der Waals surface area (Å²) in [6.07, 6.45) is 0.233. The second-order valence-corrected chi connectivity index (χ2v) is 4.70. The van der Waals surface area contributed by atoms with Crippen LogP contribution in [-0.2, 0) is 23.4 Å². The minimum absolute atomic E-state index is 0. The Morgan fingerprint density at radius 2 is 1.46 bits per heavy atom. The molecule has 0 aliphatic carbocycles. The fourth-order valence-corrected chi connectivity index (χ4v) is 0.643. The first-order valence-corrected chi connectivity index (χ1v) is 3.88. The third-order valence-electron chi connectivity index (χ3n) is 2.62. The Labute approximate surface area is 94.0 Å². The quantitative estimate of drug-likeness (QED) is 0.783. The molecule has 0 unspecified atom stereocenters. The molecule has 0 rings (SSSR count). The van der Waals surface area contributed by atoms with E-state index in [1.807, 2.05) is 13.8 Å². The van der Waals surface area contributed by atoms with Crippen molar-refractivity contribution in [2.75, 3.05) is 0 Å². The predicted molar refractivity (Wildman–Crippen MR) is 52.2 cm³/mol. The molecule has 13 heavy (non-hydrogen) atoms. The SMILES string of the molecule is C.CC(C)(C)C(C)(C)CC(=O)O.[V]. The van der Waals surface area contributed by atoms with Gasteiger partial charge < -0.3 is 5.11 Å². The fourth-order valence-electron chi connectivity index (χ4n) is 0.643. The van der Waals surface area contributed by atoms with Crippen LogP contribution in [0.3, 0.4) is 0 Å². The maximum absolute atomic E-state index is 10.5. The van der Waals surface area contributed by atoms with Crippen molar-refractivity contribution >= 4 is 5.97 Å². The Kier molecular flexibility index (Phi) is 8.25. The molecule has 1 N–H and O–H groups in total. The van der Waals surface area contributed by atoms with E-state index in [1.54, 1.807) is 0 Å². The molecule has 0 spiro atoms. The van der Waals surface area contributed by atoms with Crippen molar-refractivity contribution in [3.05, 3.63) is 0 Å². The molecule has 0 saturated heterocycles. The first-order chi connectivity index (χ1) is 4.67. The third kappa shape index (κ3) is 6.17. The largest absolute Gasteiger partial charge is 0.481 e. The van der Waals surface area contributed by atoms with E-state index in [0.717, 1.165) is 0 Å². The van der Waals surface area contributed by atoms with Crippen LogP contribution in [0.15, 0.2) is 0 Å². The van der Waals surface area contributed by atoms with Crippen molar-refractivity contribution in [2.45, 2.75) is 48.5 Å². The summed E-state index contributed by atoms with van der Waals surface area (Å²) in [4.78, 5) is 10.5. The monoisotopic (exact) mass is 225 g/mol. The number of carboxylic acids is 1. The Balaban J connectivity index is -0.000000500. The van der Waals surface area contributed by atoms with Crippen molar-refractivity contribution in [3.8, 4) is 0 Å². The summed E-state index contributed by atoms with van der Waals surface area (Å²) in [6, 6.07) is 0. The van der Waals surface area contributed by atoms with E-state index in [-0.39, 0.29) is 43.2 Å². The predicted octanol–water partition coefficient (Wildman–Crippen LogP) is 3.17. The standard InChI is InChI=1S/C9H18O2.CH4.V/c1-8(2,3)9(4,5)6-7(10)11;;/h6H2,1-5H3,(H,10,11);1H4;. The Hall–Kier alpha value is 0.0544. The van der Waals surface area contributed by atoms with Gasteiger partial charge in [0, 0.05) is 18.6 Å². The van der Waals surface area contributed by atoms with E-state index in [4.69, 9.17) is 5.11 Å². The Morgan fingerprint density at radius 3 is 1.54 bits per heavy atom. The van der Waals surface area contributed by atoms with Crippen LogP contribution in [0, 0.1) is 10.8 Å². The average Bonchev–Trinajstić information content (AvgIpc) is 1.56. The zero-order chi connectivity index (χ0) is 9.28. The van der Waals surface area contributed by atoms with Gasteiger partial charge in [0.1, 0.15) is 0 Å². The minimum Gasteiger partial charge on any atom is -0.481 e. The van der Waals surface area contributed by atoms with Gasteiger partial charge in [-0.05, 0) is 10.8 Å². The van der Waals surface area contributed by atoms with E-state index in [9.17, 15) is 4.79 Å². The zero-order valence-corrected chi connectivity index (χ0v) is 9.91. The molecule has 0 aliphatic heterocycles. The molecular weight excluding hydrogens is 203 g/mol. The summed E-state index contributed by atoms with van der Waals surface area (Å²) in [5.41, 5.74) is -0.0930. The van der Waals surface area contributed by atoms with E-state index >= 15 is 0 Å². The second-order valence-electron chi connectivity index (χ2n) is 4.70. The smallest absolute Gasteiger partial charge is 0.303 e. The molecule has 2 nitrogen and oxygen atoms in total. The number of hydrogen-bond donors (Lipinski definition) is 1. The van der Waals surface area contributed by atoms with Gasteiger partial charge in [-0.2, -0.15) is 0 Å². The molecule has 0 aliphatic rings. The maximum Gasteiger partial charge on any atom is 0.303 e. The van der Waals surface area contributed by atoms with Crippen LogP contribution < -0.4 is 0 Å². The Morgan fingerprint density at radius 1 is 1.15 bits per heavy atom. The molecule has 0 aromatic rings. The fraction of sp³-hybridized carbons (Fsp3) is 0.900. The van der Waals surface area contributed by atoms with Gasteiger partial charge >= 0.3 is 5.97 Å². The number of carbonyl (C=O) groups is 1. The maximum atomic E-state index is 10.5. The summed E-state index contributed by atoms with van der Waals surface area (Å²) >= 11 is 0. The van der Waals surface area contributed by atoms with Gasteiger partial charge in [0.05, 0.1) is 6.42 Å². The summed E-state index contributed by atoms with van der Waals surface area (Å²) in [5, 5.41) is 8.61. The van der Waals surface area contributed by atoms with E-state index in [0.29, 0.717) is 0 Å². The molecule has 0 bridgehead atoms. The number of hydrogen-bond acceptors (Lipinski definition) is 1. The van der Waals surface area contributed by atoms with Gasteiger partial charge in [-0.25, -0.2) is 0 Å². The number of rotatable bonds is 2. The normalized spacial score (nSPS) is 11.2.